The zero-order valence-corrected chi connectivity index (χ0v) is 7.45. The molecule has 0 aliphatic heterocycles. The molecule has 0 bridgehead atoms. The third-order valence-corrected chi connectivity index (χ3v) is 1.49. The maximum atomic E-state index is 11.0. The standard InChI is InChI=1S/C9H11N3O/c1-3-7-5-8(11-6-10-7)12-9(13)4-2/h3,5-6H,1,4H2,2H3,(H,10,11,12,13). The minimum atomic E-state index is -0.0614. The zero-order chi connectivity index (χ0) is 9.68. The molecule has 1 amide bonds. The number of nitrogens with zero attached hydrogens (tertiary/aromatic N) is 2. The van der Waals surface area contributed by atoms with Crippen LogP contribution in [0.15, 0.2) is 19.0 Å². The lowest BCUT2D eigenvalue weighted by molar-refractivity contribution is -0.115. The van der Waals surface area contributed by atoms with E-state index in [2.05, 4.69) is 21.9 Å². The number of amides is 1. The number of aromatic nitrogens is 2. The zero-order valence-electron chi connectivity index (χ0n) is 7.45. The van der Waals surface area contributed by atoms with E-state index in [1.165, 1.54) is 6.33 Å². The quantitative estimate of drug-likeness (QED) is 0.760. The molecule has 1 aromatic heterocycles. The van der Waals surface area contributed by atoms with Crippen LogP contribution in [0.3, 0.4) is 0 Å². The average molecular weight is 177 g/mol. The maximum Gasteiger partial charge on any atom is 0.225 e. The second-order valence-electron chi connectivity index (χ2n) is 2.43. The lowest BCUT2D eigenvalue weighted by atomic mass is 10.3. The monoisotopic (exact) mass is 177 g/mol. The largest absolute Gasteiger partial charge is 0.311 e. The van der Waals surface area contributed by atoms with Gasteiger partial charge in [-0.15, -0.1) is 0 Å². The second-order valence-corrected chi connectivity index (χ2v) is 2.43. The van der Waals surface area contributed by atoms with Crippen LogP contribution in [-0.4, -0.2) is 15.9 Å². The third-order valence-electron chi connectivity index (χ3n) is 1.49. The molecule has 4 nitrogen and oxygen atoms in total. The molecule has 1 rings (SSSR count). The predicted octanol–water partition coefficient (Wildman–Crippen LogP) is 1.47. The molecule has 0 unspecified atom stereocenters. The lowest BCUT2D eigenvalue weighted by Gasteiger charge is -2.01. The van der Waals surface area contributed by atoms with Gasteiger partial charge in [-0.25, -0.2) is 9.97 Å². The number of carbonyl (C=O) groups is 1. The van der Waals surface area contributed by atoms with Gasteiger partial charge in [0.1, 0.15) is 12.1 Å². The summed E-state index contributed by atoms with van der Waals surface area (Å²) < 4.78 is 0. The molecule has 1 aromatic rings. The Hall–Kier alpha value is -1.71. The molecule has 68 valence electrons. The fraction of sp³-hybridized carbons (Fsp3) is 0.222. The Morgan fingerprint density at radius 1 is 1.69 bits per heavy atom. The average Bonchev–Trinajstić information content (AvgIpc) is 2.18. The molecular weight excluding hydrogens is 166 g/mol. The summed E-state index contributed by atoms with van der Waals surface area (Å²) >= 11 is 0. The van der Waals surface area contributed by atoms with E-state index in [1.54, 1.807) is 19.1 Å². The predicted molar refractivity (Wildman–Crippen MR) is 51.0 cm³/mol. The highest BCUT2D eigenvalue weighted by atomic mass is 16.1. The lowest BCUT2D eigenvalue weighted by Crippen LogP contribution is -2.10. The summed E-state index contributed by atoms with van der Waals surface area (Å²) in [6.07, 6.45) is 3.43. The van der Waals surface area contributed by atoms with Crippen LogP contribution in [0.1, 0.15) is 19.0 Å². The molecule has 0 aromatic carbocycles. The van der Waals surface area contributed by atoms with Crippen molar-refractivity contribution in [2.75, 3.05) is 5.32 Å². The molecule has 0 aliphatic rings. The van der Waals surface area contributed by atoms with Crippen molar-refractivity contribution < 1.29 is 4.79 Å². The fourth-order valence-electron chi connectivity index (χ4n) is 0.784. The number of hydrogen-bond acceptors (Lipinski definition) is 3. The Kier molecular flexibility index (Phi) is 3.14. The summed E-state index contributed by atoms with van der Waals surface area (Å²) in [5, 5.41) is 2.63. The summed E-state index contributed by atoms with van der Waals surface area (Å²) in [7, 11) is 0. The topological polar surface area (TPSA) is 54.9 Å². The van der Waals surface area contributed by atoms with E-state index in [-0.39, 0.29) is 5.91 Å². The van der Waals surface area contributed by atoms with Gasteiger partial charge in [0.25, 0.3) is 0 Å². The highest BCUT2D eigenvalue weighted by Crippen LogP contribution is 2.04. The van der Waals surface area contributed by atoms with Crippen molar-refractivity contribution in [3.05, 3.63) is 24.7 Å². The Morgan fingerprint density at radius 3 is 3.08 bits per heavy atom. The van der Waals surface area contributed by atoms with E-state index in [9.17, 15) is 4.79 Å². The Balaban J connectivity index is 2.77. The molecule has 0 spiro atoms. The van der Waals surface area contributed by atoms with Gasteiger partial charge >= 0.3 is 0 Å². The molecule has 4 heteroatoms. The van der Waals surface area contributed by atoms with Gasteiger partial charge in [0.2, 0.25) is 5.91 Å². The van der Waals surface area contributed by atoms with Gasteiger partial charge in [0.05, 0.1) is 5.69 Å². The third kappa shape index (κ3) is 2.66. The van der Waals surface area contributed by atoms with E-state index in [0.717, 1.165) is 0 Å². The highest BCUT2D eigenvalue weighted by molar-refractivity contribution is 5.89. The van der Waals surface area contributed by atoms with Gasteiger partial charge in [-0.2, -0.15) is 0 Å². The number of hydrogen-bond donors (Lipinski definition) is 1. The van der Waals surface area contributed by atoms with E-state index in [4.69, 9.17) is 0 Å². The van der Waals surface area contributed by atoms with E-state index in [0.29, 0.717) is 17.9 Å². The van der Waals surface area contributed by atoms with Crippen molar-refractivity contribution >= 4 is 17.8 Å². The van der Waals surface area contributed by atoms with Crippen LogP contribution in [-0.2, 0) is 4.79 Å². The van der Waals surface area contributed by atoms with Gasteiger partial charge in [-0.3, -0.25) is 4.79 Å². The summed E-state index contributed by atoms with van der Waals surface area (Å²) in [6, 6.07) is 1.67. The van der Waals surface area contributed by atoms with Crippen molar-refractivity contribution in [3.8, 4) is 0 Å². The molecule has 1 heterocycles. The molecule has 13 heavy (non-hydrogen) atoms. The first-order chi connectivity index (χ1) is 6.26. The van der Waals surface area contributed by atoms with Gasteiger partial charge in [-0.1, -0.05) is 13.5 Å². The Labute approximate surface area is 76.7 Å². The van der Waals surface area contributed by atoms with Crippen molar-refractivity contribution in [1.29, 1.82) is 0 Å². The van der Waals surface area contributed by atoms with Gasteiger partial charge in [0.15, 0.2) is 0 Å². The minimum absolute atomic E-state index is 0.0614. The van der Waals surface area contributed by atoms with Crippen LogP contribution in [0, 0.1) is 0 Å². The van der Waals surface area contributed by atoms with Crippen LogP contribution in [0.2, 0.25) is 0 Å². The molecule has 0 fully saturated rings. The van der Waals surface area contributed by atoms with Crippen LogP contribution < -0.4 is 5.32 Å². The van der Waals surface area contributed by atoms with Crippen LogP contribution in [0.4, 0.5) is 5.82 Å². The minimum Gasteiger partial charge on any atom is -0.311 e. The highest BCUT2D eigenvalue weighted by Gasteiger charge is 1.99. The van der Waals surface area contributed by atoms with Crippen molar-refractivity contribution in [2.24, 2.45) is 0 Å². The summed E-state index contributed by atoms with van der Waals surface area (Å²) in [5.41, 5.74) is 0.696. The first kappa shape index (κ1) is 9.38. The normalized spacial score (nSPS) is 9.31. The first-order valence-corrected chi connectivity index (χ1v) is 4.00. The van der Waals surface area contributed by atoms with Crippen molar-refractivity contribution in [2.45, 2.75) is 13.3 Å². The molecule has 0 atom stereocenters. The van der Waals surface area contributed by atoms with Crippen molar-refractivity contribution in [1.82, 2.24) is 9.97 Å². The SMILES string of the molecule is C=Cc1cc(NC(=O)CC)ncn1. The number of anilines is 1. The summed E-state index contributed by atoms with van der Waals surface area (Å²) in [6.45, 7) is 5.35. The molecule has 0 saturated carbocycles. The summed E-state index contributed by atoms with van der Waals surface area (Å²) in [5.74, 6) is 0.450. The van der Waals surface area contributed by atoms with Crippen LogP contribution in [0.25, 0.3) is 6.08 Å². The molecule has 0 saturated heterocycles. The van der Waals surface area contributed by atoms with Gasteiger partial charge in [0, 0.05) is 12.5 Å². The maximum absolute atomic E-state index is 11.0. The Morgan fingerprint density at radius 2 is 2.46 bits per heavy atom. The van der Waals surface area contributed by atoms with Gasteiger partial charge < -0.3 is 5.32 Å². The van der Waals surface area contributed by atoms with Gasteiger partial charge in [-0.05, 0) is 6.08 Å². The second kappa shape index (κ2) is 4.35. The van der Waals surface area contributed by atoms with E-state index < -0.39 is 0 Å². The number of carbonyl (C=O) groups excluding carboxylic acids is 1. The summed E-state index contributed by atoms with van der Waals surface area (Å²) in [4.78, 5) is 18.8. The van der Waals surface area contributed by atoms with E-state index >= 15 is 0 Å². The molecular formula is C9H11N3O. The van der Waals surface area contributed by atoms with E-state index in [1.807, 2.05) is 0 Å². The van der Waals surface area contributed by atoms with Crippen LogP contribution in [0.5, 0.6) is 0 Å². The molecule has 0 aliphatic carbocycles. The molecule has 1 N–H and O–H groups in total. The first-order valence-electron chi connectivity index (χ1n) is 4.00. The number of rotatable bonds is 3. The number of nitrogens with one attached hydrogen (secondary N) is 1. The molecule has 0 radical (unpaired) electrons. The Bertz CT molecular complexity index is 322. The van der Waals surface area contributed by atoms with Crippen LogP contribution >= 0.6 is 0 Å². The smallest absolute Gasteiger partial charge is 0.225 e. The van der Waals surface area contributed by atoms with Crippen molar-refractivity contribution in [3.63, 3.8) is 0 Å². The fourth-order valence-corrected chi connectivity index (χ4v) is 0.784.